The molecule has 2 aromatic rings. The fourth-order valence-corrected chi connectivity index (χ4v) is 3.12. The van der Waals surface area contributed by atoms with Gasteiger partial charge in [0.2, 0.25) is 0 Å². The van der Waals surface area contributed by atoms with Crippen molar-refractivity contribution in [2.45, 2.75) is 13.0 Å². The summed E-state index contributed by atoms with van der Waals surface area (Å²) >= 11 is 0. The Hall–Kier alpha value is -3.28. The van der Waals surface area contributed by atoms with Crippen LogP contribution in [-0.4, -0.2) is 23.7 Å². The molecule has 2 aromatic carbocycles. The number of rotatable bonds is 2. The van der Waals surface area contributed by atoms with E-state index in [1.54, 1.807) is 12.1 Å². The minimum absolute atomic E-state index is 0.148. The molecule has 0 amide bonds. The smallest absolute Gasteiger partial charge is 0.338 e. The van der Waals surface area contributed by atoms with E-state index in [4.69, 9.17) is 4.74 Å². The number of hydrogen-bond acceptors (Lipinski definition) is 5. The summed E-state index contributed by atoms with van der Waals surface area (Å²) in [7, 11) is 0. The van der Waals surface area contributed by atoms with Gasteiger partial charge in [-0.15, -0.1) is 0 Å². The van der Waals surface area contributed by atoms with Crippen LogP contribution in [0.5, 0.6) is 0 Å². The lowest BCUT2D eigenvalue weighted by Gasteiger charge is -2.20. The summed E-state index contributed by atoms with van der Waals surface area (Å²) in [6.07, 6.45) is 0. The molecular formula is C19H16N2O4. The molecule has 0 aromatic heterocycles. The molecule has 0 aliphatic carbocycles. The Morgan fingerprint density at radius 2 is 1.92 bits per heavy atom. The molecule has 2 aliphatic heterocycles. The largest absolute Gasteiger partial charge is 0.478 e. The van der Waals surface area contributed by atoms with Gasteiger partial charge in [-0.25, -0.2) is 9.59 Å². The number of nitrogens with one attached hydrogen (secondary N) is 2. The van der Waals surface area contributed by atoms with Crippen LogP contribution in [0, 0.1) is 6.92 Å². The zero-order valence-corrected chi connectivity index (χ0v) is 13.5. The van der Waals surface area contributed by atoms with E-state index >= 15 is 0 Å². The van der Waals surface area contributed by atoms with Gasteiger partial charge in [-0.05, 0) is 30.7 Å². The molecule has 4 rings (SSSR count). The van der Waals surface area contributed by atoms with Crippen molar-refractivity contribution in [3.8, 4) is 0 Å². The van der Waals surface area contributed by atoms with Crippen LogP contribution in [0.15, 0.2) is 53.7 Å². The predicted molar refractivity (Wildman–Crippen MR) is 92.6 cm³/mol. The van der Waals surface area contributed by atoms with Gasteiger partial charge in [-0.1, -0.05) is 29.8 Å². The maximum Gasteiger partial charge on any atom is 0.338 e. The number of esters is 1. The van der Waals surface area contributed by atoms with E-state index < -0.39 is 5.97 Å². The number of benzene rings is 2. The molecule has 0 saturated heterocycles. The summed E-state index contributed by atoms with van der Waals surface area (Å²) in [5.74, 6) is -1.37. The normalized spacial score (nSPS) is 18.4. The Bertz CT molecular complexity index is 916. The van der Waals surface area contributed by atoms with Crippen molar-refractivity contribution in [3.05, 3.63) is 70.4 Å². The number of hydrogen-bond donors (Lipinski definition) is 3. The van der Waals surface area contributed by atoms with E-state index in [9.17, 15) is 14.7 Å². The van der Waals surface area contributed by atoms with Gasteiger partial charge in [-0.3, -0.25) is 0 Å². The highest BCUT2D eigenvalue weighted by Gasteiger charge is 2.35. The summed E-state index contributed by atoms with van der Waals surface area (Å²) in [5, 5.41) is 15.7. The molecule has 0 spiro atoms. The van der Waals surface area contributed by atoms with E-state index in [2.05, 4.69) is 10.6 Å². The van der Waals surface area contributed by atoms with E-state index in [0.717, 1.165) is 16.8 Å². The van der Waals surface area contributed by atoms with Crippen LogP contribution in [-0.2, 0) is 9.53 Å². The molecule has 1 unspecified atom stereocenters. The molecule has 0 fully saturated rings. The van der Waals surface area contributed by atoms with Crippen LogP contribution in [0.3, 0.4) is 0 Å². The van der Waals surface area contributed by atoms with Crippen LogP contribution in [0.1, 0.15) is 27.5 Å². The van der Waals surface area contributed by atoms with Crippen molar-refractivity contribution in [2.75, 3.05) is 17.2 Å². The first-order valence-electron chi connectivity index (χ1n) is 7.90. The zero-order chi connectivity index (χ0) is 17.6. The average molecular weight is 336 g/mol. The van der Waals surface area contributed by atoms with Crippen LogP contribution in [0.25, 0.3) is 0 Å². The van der Waals surface area contributed by atoms with Crippen LogP contribution < -0.4 is 10.6 Å². The third-order valence-corrected chi connectivity index (χ3v) is 4.44. The monoisotopic (exact) mass is 336 g/mol. The highest BCUT2D eigenvalue weighted by molar-refractivity contribution is 5.97. The maximum atomic E-state index is 12.3. The van der Waals surface area contributed by atoms with Gasteiger partial charge in [0.1, 0.15) is 6.61 Å². The lowest BCUT2D eigenvalue weighted by Crippen LogP contribution is -2.17. The Morgan fingerprint density at radius 3 is 2.64 bits per heavy atom. The summed E-state index contributed by atoms with van der Waals surface area (Å²) in [6.45, 7) is 2.15. The van der Waals surface area contributed by atoms with E-state index in [1.165, 1.54) is 6.07 Å². The Morgan fingerprint density at radius 1 is 1.16 bits per heavy atom. The second-order valence-corrected chi connectivity index (χ2v) is 6.15. The molecule has 25 heavy (non-hydrogen) atoms. The number of ether oxygens (including phenoxy) is 1. The third kappa shape index (κ3) is 2.61. The standard InChI is InChI=1S/C19H16N2O4/c1-10-2-4-11(5-3-10)17-16-15(9-25-19(16)24)20-14-8-12(18(22)23)6-7-13(14)21-17/h2-8,17,20-21H,9H2,1H3,(H,22,23). The van der Waals surface area contributed by atoms with Crippen molar-refractivity contribution in [1.29, 1.82) is 0 Å². The Balaban J connectivity index is 1.83. The number of fused-ring (bicyclic) bond motifs is 1. The summed E-state index contributed by atoms with van der Waals surface area (Å²) < 4.78 is 5.19. The molecule has 0 radical (unpaired) electrons. The first kappa shape index (κ1) is 15.3. The number of anilines is 2. The fraction of sp³-hybridized carbons (Fsp3) is 0.158. The molecule has 0 bridgehead atoms. The van der Waals surface area contributed by atoms with E-state index in [-0.39, 0.29) is 24.2 Å². The van der Waals surface area contributed by atoms with Gasteiger partial charge in [-0.2, -0.15) is 0 Å². The first-order valence-corrected chi connectivity index (χ1v) is 7.90. The van der Waals surface area contributed by atoms with Gasteiger partial charge in [0.15, 0.2) is 0 Å². The number of aromatic carboxylic acids is 1. The number of carbonyl (C=O) groups is 2. The Kier molecular flexibility index (Phi) is 3.46. The SMILES string of the molecule is Cc1ccc(C2Nc3ccc(C(=O)O)cc3NC3=C2C(=O)OC3)cc1. The molecule has 6 nitrogen and oxygen atoms in total. The van der Waals surface area contributed by atoms with Crippen LogP contribution in [0.4, 0.5) is 11.4 Å². The van der Waals surface area contributed by atoms with Gasteiger partial charge in [0.05, 0.1) is 34.3 Å². The van der Waals surface area contributed by atoms with Gasteiger partial charge < -0.3 is 20.5 Å². The molecule has 2 aliphatic rings. The van der Waals surface area contributed by atoms with Gasteiger partial charge >= 0.3 is 11.9 Å². The summed E-state index contributed by atoms with van der Waals surface area (Å²) in [6, 6.07) is 12.4. The average Bonchev–Trinajstić information content (AvgIpc) is 2.86. The number of cyclic esters (lactones) is 1. The van der Waals surface area contributed by atoms with E-state index in [0.29, 0.717) is 17.0 Å². The van der Waals surface area contributed by atoms with Crippen molar-refractivity contribution in [2.24, 2.45) is 0 Å². The predicted octanol–water partition coefficient (Wildman–Crippen LogP) is 3.08. The van der Waals surface area contributed by atoms with Crippen LogP contribution >= 0.6 is 0 Å². The number of carboxylic acids is 1. The highest BCUT2D eigenvalue weighted by atomic mass is 16.5. The van der Waals surface area contributed by atoms with Crippen molar-refractivity contribution < 1.29 is 19.4 Å². The molecule has 1 atom stereocenters. The van der Waals surface area contributed by atoms with Crippen molar-refractivity contribution in [3.63, 3.8) is 0 Å². The van der Waals surface area contributed by atoms with Crippen molar-refractivity contribution in [1.82, 2.24) is 0 Å². The Labute approximate surface area is 144 Å². The first-order chi connectivity index (χ1) is 12.0. The number of aryl methyl sites for hydroxylation is 1. The zero-order valence-electron chi connectivity index (χ0n) is 13.5. The van der Waals surface area contributed by atoms with Gasteiger partial charge in [0, 0.05) is 0 Å². The van der Waals surface area contributed by atoms with Gasteiger partial charge in [0.25, 0.3) is 0 Å². The molecule has 0 saturated carbocycles. The van der Waals surface area contributed by atoms with Crippen molar-refractivity contribution >= 4 is 23.3 Å². The maximum absolute atomic E-state index is 12.3. The summed E-state index contributed by atoms with van der Waals surface area (Å²) in [4.78, 5) is 23.5. The molecule has 2 heterocycles. The minimum Gasteiger partial charge on any atom is -0.478 e. The topological polar surface area (TPSA) is 87.7 Å². The van der Waals surface area contributed by atoms with E-state index in [1.807, 2.05) is 31.2 Å². The molecule has 6 heteroatoms. The third-order valence-electron chi connectivity index (χ3n) is 4.44. The highest BCUT2D eigenvalue weighted by Crippen LogP contribution is 2.39. The minimum atomic E-state index is -1.00. The lowest BCUT2D eigenvalue weighted by atomic mass is 9.97. The lowest BCUT2D eigenvalue weighted by molar-refractivity contribution is -0.136. The van der Waals surface area contributed by atoms with Crippen LogP contribution in [0.2, 0.25) is 0 Å². The quantitative estimate of drug-likeness (QED) is 0.731. The number of carbonyl (C=O) groups excluding carboxylic acids is 1. The second-order valence-electron chi connectivity index (χ2n) is 6.15. The number of carboxylic acid groups (broad SMARTS) is 1. The molecule has 3 N–H and O–H groups in total. The molecule has 126 valence electrons. The molecular weight excluding hydrogens is 320 g/mol. The fourth-order valence-electron chi connectivity index (χ4n) is 3.12. The summed E-state index contributed by atoms with van der Waals surface area (Å²) in [5.41, 5.74) is 4.77. The second kappa shape index (κ2) is 5.66.